The van der Waals surface area contributed by atoms with Crippen LogP contribution in [-0.4, -0.2) is 30.1 Å². The molecule has 2 atom stereocenters. The molecule has 0 bridgehead atoms. The van der Waals surface area contributed by atoms with Crippen molar-refractivity contribution in [2.75, 3.05) is 13.1 Å². The van der Waals surface area contributed by atoms with E-state index < -0.39 is 0 Å². The van der Waals surface area contributed by atoms with E-state index in [9.17, 15) is 8.78 Å². The first-order valence-electron chi connectivity index (χ1n) is 7.91. The fourth-order valence-corrected chi connectivity index (χ4v) is 3.13. The molecule has 1 aromatic rings. The zero-order valence-electron chi connectivity index (χ0n) is 13.2. The monoisotopic (exact) mass is 296 g/mol. The van der Waals surface area contributed by atoms with Gasteiger partial charge in [-0.25, -0.2) is 8.78 Å². The highest BCUT2D eigenvalue weighted by Crippen LogP contribution is 2.20. The van der Waals surface area contributed by atoms with Crippen LogP contribution in [0.2, 0.25) is 0 Å². The first kappa shape index (κ1) is 16.4. The summed E-state index contributed by atoms with van der Waals surface area (Å²) in [6, 6.07) is 4.54. The lowest BCUT2D eigenvalue weighted by atomic mass is 9.98. The van der Waals surface area contributed by atoms with Gasteiger partial charge in [-0.1, -0.05) is 20.8 Å². The normalized spacial score (nSPS) is 23.7. The van der Waals surface area contributed by atoms with Crippen LogP contribution in [0.25, 0.3) is 0 Å². The van der Waals surface area contributed by atoms with Crippen molar-refractivity contribution in [2.24, 2.45) is 5.92 Å². The van der Waals surface area contributed by atoms with Gasteiger partial charge >= 0.3 is 0 Å². The van der Waals surface area contributed by atoms with Crippen molar-refractivity contribution >= 4 is 0 Å². The highest BCUT2D eigenvalue weighted by molar-refractivity contribution is 5.19. The minimum absolute atomic E-state index is 0.315. The van der Waals surface area contributed by atoms with Gasteiger partial charge in [-0.2, -0.15) is 0 Å². The zero-order valence-corrected chi connectivity index (χ0v) is 13.2. The van der Waals surface area contributed by atoms with Gasteiger partial charge in [-0.05, 0) is 37.0 Å². The zero-order chi connectivity index (χ0) is 15.4. The second-order valence-corrected chi connectivity index (χ2v) is 6.46. The number of rotatable bonds is 5. The van der Waals surface area contributed by atoms with E-state index in [-0.39, 0.29) is 11.6 Å². The highest BCUT2D eigenvalue weighted by atomic mass is 19.1. The number of piperazine rings is 1. The van der Waals surface area contributed by atoms with Gasteiger partial charge in [0.05, 0.1) is 0 Å². The second-order valence-electron chi connectivity index (χ2n) is 6.46. The molecule has 1 heterocycles. The minimum Gasteiger partial charge on any atom is -0.311 e. The SMILES string of the molecule is CCC1CNC(CC(C)C)CN1Cc1cc(F)ccc1F. The van der Waals surface area contributed by atoms with Gasteiger partial charge < -0.3 is 5.32 Å². The number of nitrogens with one attached hydrogen (secondary N) is 1. The van der Waals surface area contributed by atoms with Crippen LogP contribution >= 0.6 is 0 Å². The molecule has 2 nitrogen and oxygen atoms in total. The van der Waals surface area contributed by atoms with Gasteiger partial charge in [0.2, 0.25) is 0 Å². The van der Waals surface area contributed by atoms with Gasteiger partial charge in [0.15, 0.2) is 0 Å². The van der Waals surface area contributed by atoms with E-state index >= 15 is 0 Å². The molecule has 1 aliphatic heterocycles. The molecule has 1 aromatic carbocycles. The smallest absolute Gasteiger partial charge is 0.127 e. The number of hydrogen-bond donors (Lipinski definition) is 1. The van der Waals surface area contributed by atoms with Crippen LogP contribution in [0.3, 0.4) is 0 Å². The molecule has 0 spiro atoms. The molecule has 21 heavy (non-hydrogen) atoms. The second kappa shape index (κ2) is 7.32. The van der Waals surface area contributed by atoms with E-state index in [1.54, 1.807) is 0 Å². The van der Waals surface area contributed by atoms with Crippen molar-refractivity contribution in [1.29, 1.82) is 0 Å². The summed E-state index contributed by atoms with van der Waals surface area (Å²) in [4.78, 5) is 2.29. The van der Waals surface area contributed by atoms with Crippen LogP contribution in [0.5, 0.6) is 0 Å². The molecule has 0 saturated carbocycles. The molecule has 0 aliphatic carbocycles. The van der Waals surface area contributed by atoms with E-state index in [0.29, 0.717) is 30.1 Å². The van der Waals surface area contributed by atoms with Crippen LogP contribution in [0, 0.1) is 17.6 Å². The fraction of sp³-hybridized carbons (Fsp3) is 0.647. The number of benzene rings is 1. The minimum atomic E-state index is -0.367. The summed E-state index contributed by atoms with van der Waals surface area (Å²) in [6.07, 6.45) is 2.12. The summed E-state index contributed by atoms with van der Waals surface area (Å²) in [5.74, 6) is -0.0491. The lowest BCUT2D eigenvalue weighted by Gasteiger charge is -2.40. The topological polar surface area (TPSA) is 15.3 Å². The molecule has 0 radical (unpaired) electrons. The number of nitrogens with zero attached hydrogens (tertiary/aromatic N) is 1. The average molecular weight is 296 g/mol. The molecule has 1 fully saturated rings. The molecule has 0 aromatic heterocycles. The number of hydrogen-bond acceptors (Lipinski definition) is 2. The molecule has 118 valence electrons. The maximum absolute atomic E-state index is 13.9. The van der Waals surface area contributed by atoms with E-state index in [2.05, 4.69) is 31.0 Å². The van der Waals surface area contributed by atoms with Gasteiger partial charge in [0.25, 0.3) is 0 Å². The Morgan fingerprint density at radius 1 is 1.33 bits per heavy atom. The van der Waals surface area contributed by atoms with Gasteiger partial charge in [-0.3, -0.25) is 4.90 Å². The lowest BCUT2D eigenvalue weighted by Crippen LogP contribution is -2.56. The van der Waals surface area contributed by atoms with Gasteiger partial charge in [-0.15, -0.1) is 0 Å². The molecule has 0 amide bonds. The van der Waals surface area contributed by atoms with Gasteiger partial charge in [0.1, 0.15) is 11.6 Å². The summed E-state index contributed by atoms with van der Waals surface area (Å²) in [7, 11) is 0. The maximum Gasteiger partial charge on any atom is 0.127 e. The average Bonchev–Trinajstić information content (AvgIpc) is 2.42. The third-order valence-electron chi connectivity index (χ3n) is 4.22. The summed E-state index contributed by atoms with van der Waals surface area (Å²) in [5, 5.41) is 3.58. The standard InChI is InChI=1S/C17H26F2N2/c1-4-16-9-20-15(7-12(2)3)11-21(16)10-13-8-14(18)5-6-17(13)19/h5-6,8,12,15-16,20H,4,7,9-11H2,1-3H3. The predicted molar refractivity (Wildman–Crippen MR) is 82.1 cm³/mol. The maximum atomic E-state index is 13.9. The molecule has 2 unspecified atom stereocenters. The van der Waals surface area contributed by atoms with E-state index in [0.717, 1.165) is 25.9 Å². The molecule has 2 rings (SSSR count). The molecule has 1 N–H and O–H groups in total. The third kappa shape index (κ3) is 4.48. The Hall–Kier alpha value is -1.00. The summed E-state index contributed by atoms with van der Waals surface area (Å²) in [6.45, 7) is 8.87. The van der Waals surface area contributed by atoms with Crippen molar-refractivity contribution in [3.8, 4) is 0 Å². The molecule has 4 heteroatoms. The Morgan fingerprint density at radius 2 is 2.10 bits per heavy atom. The first-order valence-corrected chi connectivity index (χ1v) is 7.91. The first-order chi connectivity index (χ1) is 9.99. The summed E-state index contributed by atoms with van der Waals surface area (Å²) in [5.41, 5.74) is 0.457. The third-order valence-corrected chi connectivity index (χ3v) is 4.22. The van der Waals surface area contributed by atoms with E-state index in [4.69, 9.17) is 0 Å². The van der Waals surface area contributed by atoms with Crippen LogP contribution in [0.1, 0.15) is 39.2 Å². The largest absolute Gasteiger partial charge is 0.311 e. The van der Waals surface area contributed by atoms with Crippen molar-refractivity contribution in [3.05, 3.63) is 35.4 Å². The predicted octanol–water partition coefficient (Wildman–Crippen LogP) is 3.56. The molecule has 1 saturated heterocycles. The van der Waals surface area contributed by atoms with Crippen molar-refractivity contribution < 1.29 is 8.78 Å². The summed E-state index contributed by atoms with van der Waals surface area (Å²) < 4.78 is 27.2. The lowest BCUT2D eigenvalue weighted by molar-refractivity contribution is 0.110. The van der Waals surface area contributed by atoms with E-state index in [1.165, 1.54) is 18.2 Å². The Labute approximate surface area is 126 Å². The van der Waals surface area contributed by atoms with Crippen LogP contribution in [0.4, 0.5) is 8.78 Å². The van der Waals surface area contributed by atoms with Crippen LogP contribution < -0.4 is 5.32 Å². The Balaban J connectivity index is 2.08. The van der Waals surface area contributed by atoms with Gasteiger partial charge in [0, 0.05) is 37.3 Å². The van der Waals surface area contributed by atoms with Crippen molar-refractivity contribution in [1.82, 2.24) is 10.2 Å². The molecular formula is C17H26F2N2. The van der Waals surface area contributed by atoms with Crippen molar-refractivity contribution in [3.63, 3.8) is 0 Å². The highest BCUT2D eigenvalue weighted by Gasteiger charge is 2.27. The van der Waals surface area contributed by atoms with Crippen LogP contribution in [0.15, 0.2) is 18.2 Å². The summed E-state index contributed by atoms with van der Waals surface area (Å²) >= 11 is 0. The molecule has 1 aliphatic rings. The molecular weight excluding hydrogens is 270 g/mol. The van der Waals surface area contributed by atoms with E-state index in [1.807, 2.05) is 0 Å². The van der Waals surface area contributed by atoms with Crippen LogP contribution in [-0.2, 0) is 6.54 Å². The fourth-order valence-electron chi connectivity index (χ4n) is 3.13. The number of halogens is 2. The Kier molecular flexibility index (Phi) is 5.71. The Morgan fingerprint density at radius 3 is 2.76 bits per heavy atom. The quantitative estimate of drug-likeness (QED) is 0.893. The Bertz CT molecular complexity index is 462. The van der Waals surface area contributed by atoms with Crippen molar-refractivity contribution in [2.45, 2.75) is 52.2 Å².